The van der Waals surface area contributed by atoms with E-state index in [1.54, 1.807) is 13.8 Å². The third kappa shape index (κ3) is 2.01. The zero-order valence-electron chi connectivity index (χ0n) is 9.95. The predicted molar refractivity (Wildman–Crippen MR) is 57.7 cm³/mol. The van der Waals surface area contributed by atoms with Gasteiger partial charge < -0.3 is 15.1 Å². The van der Waals surface area contributed by atoms with Gasteiger partial charge in [-0.05, 0) is 40.7 Å². The van der Waals surface area contributed by atoms with Gasteiger partial charge in [0.15, 0.2) is 0 Å². The summed E-state index contributed by atoms with van der Waals surface area (Å²) in [5.41, 5.74) is -2.17. The molecular formula is C11H21NO3. The fourth-order valence-electron chi connectivity index (χ4n) is 2.10. The second-order valence-corrected chi connectivity index (χ2v) is 5.25. The van der Waals surface area contributed by atoms with Crippen molar-refractivity contribution in [1.29, 1.82) is 0 Å². The first kappa shape index (κ1) is 12.5. The van der Waals surface area contributed by atoms with Crippen molar-refractivity contribution in [3.8, 4) is 0 Å². The van der Waals surface area contributed by atoms with E-state index in [4.69, 9.17) is 5.11 Å². The Balaban J connectivity index is 2.89. The maximum atomic E-state index is 11.1. The molecule has 0 amide bonds. The van der Waals surface area contributed by atoms with Crippen molar-refractivity contribution in [3.63, 3.8) is 0 Å². The van der Waals surface area contributed by atoms with Crippen LogP contribution in [0.25, 0.3) is 0 Å². The van der Waals surface area contributed by atoms with Crippen molar-refractivity contribution in [2.75, 3.05) is 13.6 Å². The smallest absolute Gasteiger partial charge is 0.312 e. The molecule has 0 aromatic rings. The Morgan fingerprint density at radius 2 is 2.07 bits per heavy atom. The Bertz CT molecular complexity index is 265. The Hall–Kier alpha value is -0.610. The minimum absolute atomic E-state index is 0.224. The zero-order valence-corrected chi connectivity index (χ0v) is 9.95. The Labute approximate surface area is 90.9 Å². The third-order valence-electron chi connectivity index (χ3n) is 3.96. The molecule has 0 aromatic heterocycles. The molecule has 2 atom stereocenters. The second-order valence-electron chi connectivity index (χ2n) is 5.25. The predicted octanol–water partition coefficient (Wildman–Crippen LogP) is 0.942. The molecule has 1 fully saturated rings. The average Bonchev–Trinajstić information content (AvgIpc) is 2.11. The van der Waals surface area contributed by atoms with Crippen LogP contribution in [0.15, 0.2) is 0 Å². The minimum Gasteiger partial charge on any atom is -0.481 e. The summed E-state index contributed by atoms with van der Waals surface area (Å²) < 4.78 is 0. The summed E-state index contributed by atoms with van der Waals surface area (Å²) in [5.74, 6) is -0.929. The molecule has 2 N–H and O–H groups in total. The normalized spacial score (nSPS) is 34.1. The fraction of sp³-hybridized carbons (Fsp3) is 0.909. The van der Waals surface area contributed by atoms with Crippen LogP contribution in [0.4, 0.5) is 0 Å². The van der Waals surface area contributed by atoms with Crippen molar-refractivity contribution < 1.29 is 15.0 Å². The summed E-state index contributed by atoms with van der Waals surface area (Å²) in [6, 6.07) is 0.224. The quantitative estimate of drug-likeness (QED) is 0.719. The summed E-state index contributed by atoms with van der Waals surface area (Å²) in [7, 11) is 2.00. The number of carbonyl (C=O) groups is 1. The van der Waals surface area contributed by atoms with Crippen LogP contribution in [0, 0.1) is 5.41 Å². The first-order chi connectivity index (χ1) is 6.71. The number of hydrogen-bond acceptors (Lipinski definition) is 3. The summed E-state index contributed by atoms with van der Waals surface area (Å²) in [4.78, 5) is 13.3. The average molecular weight is 215 g/mol. The first-order valence-corrected chi connectivity index (χ1v) is 5.37. The minimum atomic E-state index is -1.09. The van der Waals surface area contributed by atoms with Gasteiger partial charge in [-0.15, -0.1) is 0 Å². The molecule has 1 heterocycles. The van der Waals surface area contributed by atoms with Crippen LogP contribution in [0.1, 0.15) is 33.6 Å². The molecule has 15 heavy (non-hydrogen) atoms. The molecule has 1 aliphatic rings. The zero-order chi connectivity index (χ0) is 11.9. The van der Waals surface area contributed by atoms with Crippen molar-refractivity contribution in [2.45, 2.75) is 45.3 Å². The molecule has 0 radical (unpaired) electrons. The largest absolute Gasteiger partial charge is 0.481 e. The summed E-state index contributed by atoms with van der Waals surface area (Å²) in [5, 5.41) is 19.6. The first-order valence-electron chi connectivity index (χ1n) is 5.37. The van der Waals surface area contributed by atoms with E-state index in [1.165, 1.54) is 0 Å². The second kappa shape index (κ2) is 3.76. The van der Waals surface area contributed by atoms with E-state index >= 15 is 0 Å². The Morgan fingerprint density at radius 3 is 2.47 bits per heavy atom. The molecule has 88 valence electrons. The highest BCUT2D eigenvalue weighted by Gasteiger charge is 2.51. The van der Waals surface area contributed by atoms with Gasteiger partial charge in [0, 0.05) is 12.6 Å². The number of hydrogen-bond donors (Lipinski definition) is 2. The van der Waals surface area contributed by atoms with E-state index in [2.05, 4.69) is 4.90 Å². The number of carboxylic acid groups (broad SMARTS) is 1. The van der Waals surface area contributed by atoms with Crippen molar-refractivity contribution >= 4 is 5.97 Å². The van der Waals surface area contributed by atoms with Gasteiger partial charge in [0.2, 0.25) is 0 Å². The van der Waals surface area contributed by atoms with Crippen molar-refractivity contribution in [1.82, 2.24) is 4.90 Å². The van der Waals surface area contributed by atoms with E-state index in [1.807, 2.05) is 14.0 Å². The molecule has 0 aromatic carbocycles. The van der Waals surface area contributed by atoms with E-state index < -0.39 is 17.0 Å². The van der Waals surface area contributed by atoms with Crippen LogP contribution < -0.4 is 0 Å². The molecule has 1 rings (SSSR count). The molecule has 4 heteroatoms. The highest BCUT2D eigenvalue weighted by molar-refractivity contribution is 5.75. The number of nitrogens with zero attached hydrogens (tertiary/aromatic N) is 1. The lowest BCUT2D eigenvalue weighted by Crippen LogP contribution is -2.57. The van der Waals surface area contributed by atoms with Gasteiger partial charge in [-0.25, -0.2) is 0 Å². The molecule has 0 aliphatic carbocycles. The summed E-state index contributed by atoms with van der Waals surface area (Å²) >= 11 is 0. The van der Waals surface area contributed by atoms with Gasteiger partial charge >= 0.3 is 5.97 Å². The fourth-order valence-corrected chi connectivity index (χ4v) is 2.10. The monoisotopic (exact) mass is 215 g/mol. The van der Waals surface area contributed by atoms with Crippen molar-refractivity contribution in [2.24, 2.45) is 5.41 Å². The topological polar surface area (TPSA) is 60.8 Å². The number of aliphatic hydroxyl groups is 1. The molecule has 0 spiro atoms. The maximum absolute atomic E-state index is 11.1. The number of likely N-dealkylation sites (tertiary alicyclic amines) is 1. The molecule has 1 aliphatic heterocycles. The van der Waals surface area contributed by atoms with Crippen LogP contribution in [0.5, 0.6) is 0 Å². The van der Waals surface area contributed by atoms with E-state index in [0.717, 1.165) is 6.54 Å². The number of carboxylic acids is 1. The standard InChI is InChI=1S/C11H21NO3/c1-8-7-11(15,5-6-12(8)4)10(2,3)9(13)14/h8,15H,5-7H2,1-4H3,(H,13,14). The van der Waals surface area contributed by atoms with Gasteiger partial charge in [0.25, 0.3) is 0 Å². The van der Waals surface area contributed by atoms with Crippen molar-refractivity contribution in [3.05, 3.63) is 0 Å². The van der Waals surface area contributed by atoms with Gasteiger partial charge in [-0.1, -0.05) is 0 Å². The molecule has 1 saturated heterocycles. The highest BCUT2D eigenvalue weighted by atomic mass is 16.4. The van der Waals surface area contributed by atoms with Crippen LogP contribution in [0.3, 0.4) is 0 Å². The molecule has 0 bridgehead atoms. The summed E-state index contributed by atoms with van der Waals surface area (Å²) in [6.45, 7) is 5.97. The molecule has 0 saturated carbocycles. The van der Waals surface area contributed by atoms with E-state index in [-0.39, 0.29) is 6.04 Å². The summed E-state index contributed by atoms with van der Waals surface area (Å²) in [6.07, 6.45) is 1.04. The lowest BCUT2D eigenvalue weighted by atomic mass is 9.68. The molecule has 2 unspecified atom stereocenters. The van der Waals surface area contributed by atoms with Gasteiger partial charge in [0.05, 0.1) is 11.0 Å². The Morgan fingerprint density at radius 1 is 1.53 bits per heavy atom. The third-order valence-corrected chi connectivity index (χ3v) is 3.96. The van der Waals surface area contributed by atoms with Crippen LogP contribution in [0.2, 0.25) is 0 Å². The van der Waals surface area contributed by atoms with Gasteiger partial charge in [0.1, 0.15) is 0 Å². The van der Waals surface area contributed by atoms with Crippen LogP contribution in [-0.2, 0) is 4.79 Å². The van der Waals surface area contributed by atoms with E-state index in [0.29, 0.717) is 12.8 Å². The number of rotatable bonds is 2. The number of piperidine rings is 1. The molecule has 4 nitrogen and oxygen atoms in total. The highest BCUT2D eigenvalue weighted by Crippen LogP contribution is 2.40. The van der Waals surface area contributed by atoms with E-state index in [9.17, 15) is 9.90 Å². The lowest BCUT2D eigenvalue weighted by molar-refractivity contribution is -0.173. The lowest BCUT2D eigenvalue weighted by Gasteiger charge is -2.47. The Kier molecular flexibility index (Phi) is 3.12. The molecular weight excluding hydrogens is 194 g/mol. The van der Waals surface area contributed by atoms with Crippen LogP contribution >= 0.6 is 0 Å². The number of aliphatic carboxylic acids is 1. The SMILES string of the molecule is CC1CC(O)(C(C)(C)C(=O)O)CCN1C. The van der Waals surface area contributed by atoms with Gasteiger partial charge in [-0.3, -0.25) is 4.79 Å². The van der Waals surface area contributed by atoms with Crippen LogP contribution in [-0.4, -0.2) is 46.3 Å². The van der Waals surface area contributed by atoms with Gasteiger partial charge in [-0.2, -0.15) is 0 Å². The maximum Gasteiger partial charge on any atom is 0.312 e.